The van der Waals surface area contributed by atoms with Crippen molar-refractivity contribution < 1.29 is 19.4 Å². The zero-order valence-corrected chi connectivity index (χ0v) is 11.4. The van der Waals surface area contributed by atoms with Crippen molar-refractivity contribution in [2.45, 2.75) is 6.10 Å². The fraction of sp³-hybridized carbons (Fsp3) is 0.118. The zero-order valence-electron chi connectivity index (χ0n) is 11.4. The molecular weight excluding hydrogens is 268 g/mol. The number of aliphatic hydroxyl groups excluding tert-OH is 1. The topological polar surface area (TPSA) is 55.8 Å². The molecular formula is C17H14O4. The van der Waals surface area contributed by atoms with Crippen LogP contribution < -0.4 is 9.47 Å². The Balaban J connectivity index is 2.07. The number of carbonyl (C=O) groups excluding carboxylic acids is 1. The molecule has 0 saturated carbocycles. The van der Waals surface area contributed by atoms with Gasteiger partial charge in [0.2, 0.25) is 0 Å². The van der Waals surface area contributed by atoms with Crippen LogP contribution in [0.15, 0.2) is 48.5 Å². The molecule has 0 bridgehead atoms. The van der Waals surface area contributed by atoms with E-state index in [1.54, 1.807) is 55.6 Å². The first-order chi connectivity index (χ1) is 10.1. The van der Waals surface area contributed by atoms with Gasteiger partial charge in [0.15, 0.2) is 0 Å². The minimum absolute atomic E-state index is 0.379. The molecule has 0 spiro atoms. The number of carbonyl (C=O) groups is 1. The fourth-order valence-corrected chi connectivity index (χ4v) is 1.71. The van der Waals surface area contributed by atoms with Crippen LogP contribution in [0.1, 0.15) is 22.0 Å². The molecule has 2 aromatic carbocycles. The quantitative estimate of drug-likeness (QED) is 0.532. The second-order valence-electron chi connectivity index (χ2n) is 4.26. The number of ether oxygens (including phenoxy) is 2. The minimum atomic E-state index is -0.962. The van der Waals surface area contributed by atoms with Crippen molar-refractivity contribution in [2.24, 2.45) is 0 Å². The fourth-order valence-electron chi connectivity index (χ4n) is 1.71. The van der Waals surface area contributed by atoms with Gasteiger partial charge in [-0.1, -0.05) is 18.1 Å². The van der Waals surface area contributed by atoms with Crippen LogP contribution in [0, 0.1) is 12.3 Å². The number of rotatable bonds is 4. The van der Waals surface area contributed by atoms with Crippen LogP contribution in [-0.4, -0.2) is 18.2 Å². The number of esters is 1. The lowest BCUT2D eigenvalue weighted by Gasteiger charge is -2.07. The van der Waals surface area contributed by atoms with E-state index in [-0.39, 0.29) is 0 Å². The van der Waals surface area contributed by atoms with Crippen molar-refractivity contribution in [3.05, 3.63) is 59.7 Å². The Hall–Kier alpha value is -2.77. The molecule has 21 heavy (non-hydrogen) atoms. The normalized spacial score (nSPS) is 11.3. The maximum Gasteiger partial charge on any atom is 0.343 e. The molecule has 0 saturated heterocycles. The lowest BCUT2D eigenvalue weighted by molar-refractivity contribution is 0.0734. The summed E-state index contributed by atoms with van der Waals surface area (Å²) in [6, 6.07) is 13.0. The van der Waals surface area contributed by atoms with Crippen LogP contribution in [0.2, 0.25) is 0 Å². The molecule has 0 aromatic heterocycles. The first-order valence-corrected chi connectivity index (χ1v) is 6.24. The van der Waals surface area contributed by atoms with Crippen molar-refractivity contribution >= 4 is 5.97 Å². The van der Waals surface area contributed by atoms with E-state index in [2.05, 4.69) is 5.92 Å². The Bertz CT molecular complexity index is 651. The van der Waals surface area contributed by atoms with Crippen LogP contribution in [0.25, 0.3) is 0 Å². The van der Waals surface area contributed by atoms with Gasteiger partial charge in [-0.2, -0.15) is 0 Å². The summed E-state index contributed by atoms with van der Waals surface area (Å²) in [6.45, 7) is 0. The van der Waals surface area contributed by atoms with E-state index in [0.29, 0.717) is 22.6 Å². The van der Waals surface area contributed by atoms with Gasteiger partial charge in [0.25, 0.3) is 0 Å². The molecule has 0 aliphatic rings. The third-order valence-corrected chi connectivity index (χ3v) is 2.89. The van der Waals surface area contributed by atoms with E-state index in [1.807, 2.05) is 0 Å². The molecule has 0 aliphatic heterocycles. The molecule has 2 rings (SSSR count). The smallest absolute Gasteiger partial charge is 0.343 e. The molecule has 4 heteroatoms. The second kappa shape index (κ2) is 6.60. The highest BCUT2D eigenvalue weighted by Gasteiger charge is 2.09. The highest BCUT2D eigenvalue weighted by molar-refractivity contribution is 5.91. The van der Waals surface area contributed by atoms with Gasteiger partial charge >= 0.3 is 5.97 Å². The monoisotopic (exact) mass is 282 g/mol. The molecule has 1 unspecified atom stereocenters. The van der Waals surface area contributed by atoms with Gasteiger partial charge in [0, 0.05) is 0 Å². The predicted molar refractivity (Wildman–Crippen MR) is 78.2 cm³/mol. The van der Waals surface area contributed by atoms with Crippen molar-refractivity contribution in [3.63, 3.8) is 0 Å². The number of methoxy groups -OCH3 is 1. The molecule has 1 N–H and O–H groups in total. The van der Waals surface area contributed by atoms with Gasteiger partial charge < -0.3 is 14.6 Å². The second-order valence-corrected chi connectivity index (χ2v) is 4.26. The standard InChI is InChI=1S/C17H14O4/c1-3-16(18)12-4-10-15(11-5-12)21-17(19)13-6-8-14(20-2)9-7-13/h1,4-11,16,18H,2H3. The third-order valence-electron chi connectivity index (χ3n) is 2.89. The van der Waals surface area contributed by atoms with Gasteiger partial charge in [-0.3, -0.25) is 0 Å². The number of benzene rings is 2. The molecule has 106 valence electrons. The summed E-state index contributed by atoms with van der Waals surface area (Å²) in [6.07, 6.45) is 4.17. The summed E-state index contributed by atoms with van der Waals surface area (Å²) >= 11 is 0. The van der Waals surface area contributed by atoms with E-state index < -0.39 is 12.1 Å². The third kappa shape index (κ3) is 3.62. The van der Waals surface area contributed by atoms with Crippen LogP contribution in [0.5, 0.6) is 11.5 Å². The summed E-state index contributed by atoms with van der Waals surface area (Å²) in [7, 11) is 1.56. The van der Waals surface area contributed by atoms with Crippen LogP contribution in [0.3, 0.4) is 0 Å². The Kier molecular flexibility index (Phi) is 4.60. The number of hydrogen-bond donors (Lipinski definition) is 1. The van der Waals surface area contributed by atoms with Crippen LogP contribution >= 0.6 is 0 Å². The molecule has 0 aliphatic carbocycles. The summed E-state index contributed by atoms with van der Waals surface area (Å²) in [4.78, 5) is 11.9. The molecule has 2 aromatic rings. The number of terminal acetylenes is 1. The Morgan fingerprint density at radius 3 is 2.19 bits per heavy atom. The van der Waals surface area contributed by atoms with Gasteiger partial charge in [-0.05, 0) is 42.0 Å². The molecule has 0 amide bonds. The molecule has 0 heterocycles. The summed E-state index contributed by atoms with van der Waals surface area (Å²) < 4.78 is 10.3. The van der Waals surface area contributed by atoms with Crippen LogP contribution in [-0.2, 0) is 0 Å². The van der Waals surface area contributed by atoms with Gasteiger partial charge in [0.1, 0.15) is 17.6 Å². The molecule has 0 radical (unpaired) electrons. The SMILES string of the molecule is C#CC(O)c1ccc(OC(=O)c2ccc(OC)cc2)cc1. The van der Waals surface area contributed by atoms with E-state index in [0.717, 1.165) is 0 Å². The van der Waals surface area contributed by atoms with E-state index >= 15 is 0 Å². The van der Waals surface area contributed by atoms with E-state index in [1.165, 1.54) is 0 Å². The predicted octanol–water partition coefficient (Wildman–Crippen LogP) is 2.58. The number of aliphatic hydroxyl groups is 1. The van der Waals surface area contributed by atoms with Crippen molar-refractivity contribution in [1.82, 2.24) is 0 Å². The lowest BCUT2D eigenvalue weighted by Crippen LogP contribution is -2.08. The maximum absolute atomic E-state index is 11.9. The van der Waals surface area contributed by atoms with Crippen molar-refractivity contribution in [3.8, 4) is 23.8 Å². The summed E-state index contributed by atoms with van der Waals surface area (Å²) in [5.74, 6) is 2.79. The highest BCUT2D eigenvalue weighted by atomic mass is 16.5. The largest absolute Gasteiger partial charge is 0.497 e. The Labute approximate surface area is 122 Å². The Morgan fingerprint density at radius 2 is 1.67 bits per heavy atom. The van der Waals surface area contributed by atoms with E-state index in [4.69, 9.17) is 15.9 Å². The van der Waals surface area contributed by atoms with Gasteiger partial charge in [-0.15, -0.1) is 6.42 Å². The molecule has 1 atom stereocenters. The average molecular weight is 282 g/mol. The first kappa shape index (κ1) is 14.6. The van der Waals surface area contributed by atoms with Crippen molar-refractivity contribution in [2.75, 3.05) is 7.11 Å². The summed E-state index contributed by atoms with van der Waals surface area (Å²) in [5.41, 5.74) is 0.991. The van der Waals surface area contributed by atoms with Crippen LogP contribution in [0.4, 0.5) is 0 Å². The average Bonchev–Trinajstić information content (AvgIpc) is 2.55. The highest BCUT2D eigenvalue weighted by Crippen LogP contribution is 2.19. The zero-order chi connectivity index (χ0) is 15.2. The number of hydrogen-bond acceptors (Lipinski definition) is 4. The maximum atomic E-state index is 11.9. The lowest BCUT2D eigenvalue weighted by atomic mass is 10.1. The summed E-state index contributed by atoms with van der Waals surface area (Å²) in [5, 5.41) is 9.47. The minimum Gasteiger partial charge on any atom is -0.497 e. The van der Waals surface area contributed by atoms with Crippen molar-refractivity contribution in [1.29, 1.82) is 0 Å². The molecule has 0 fully saturated rings. The van der Waals surface area contributed by atoms with Gasteiger partial charge in [0.05, 0.1) is 12.7 Å². The molecule has 4 nitrogen and oxygen atoms in total. The van der Waals surface area contributed by atoms with Gasteiger partial charge in [-0.25, -0.2) is 4.79 Å². The van der Waals surface area contributed by atoms with E-state index in [9.17, 15) is 9.90 Å². The first-order valence-electron chi connectivity index (χ1n) is 6.24. The Morgan fingerprint density at radius 1 is 1.10 bits per heavy atom.